The Morgan fingerprint density at radius 1 is 1.07 bits per heavy atom. The summed E-state index contributed by atoms with van der Waals surface area (Å²) in [6, 6.07) is 7.08. The molecule has 0 spiro atoms. The smallest absolute Gasteiger partial charge is 0.222 e. The number of carbonyl (C=O) groups excluding carboxylic acids is 2. The number of allylic oxidation sites excluding steroid dienone is 1. The zero-order valence-electron chi connectivity index (χ0n) is 14.3. The molecular formula is C20H16O7. The second-order valence-corrected chi connectivity index (χ2v) is 6.25. The quantitative estimate of drug-likeness (QED) is 0.309. The number of phenolic OH excluding ortho intramolecular Hbond substituents is 2. The van der Waals surface area contributed by atoms with Crippen LogP contribution in [-0.2, 0) is 21.1 Å². The van der Waals surface area contributed by atoms with Gasteiger partial charge >= 0.3 is 0 Å². The number of phenols is 2. The fraction of sp³-hybridized carbons (Fsp3) is 0.200. The summed E-state index contributed by atoms with van der Waals surface area (Å²) in [6.45, 7) is 1.82. The molecular weight excluding hydrogens is 352 g/mol. The van der Waals surface area contributed by atoms with Crippen LogP contribution in [0.2, 0.25) is 0 Å². The molecule has 0 amide bonds. The highest BCUT2D eigenvalue weighted by Crippen LogP contribution is 2.37. The summed E-state index contributed by atoms with van der Waals surface area (Å²) >= 11 is 0. The maximum atomic E-state index is 12.7. The van der Waals surface area contributed by atoms with Crippen LogP contribution in [0.5, 0.6) is 11.5 Å². The third kappa shape index (κ3) is 3.02. The van der Waals surface area contributed by atoms with Crippen molar-refractivity contribution in [1.29, 1.82) is 0 Å². The van der Waals surface area contributed by atoms with E-state index < -0.39 is 17.9 Å². The van der Waals surface area contributed by atoms with E-state index in [1.54, 1.807) is 0 Å². The van der Waals surface area contributed by atoms with Gasteiger partial charge in [0.2, 0.25) is 12.1 Å². The maximum Gasteiger partial charge on any atom is 0.222 e. The standard InChI is InChI=1S/C20H16O7/c1-2-4-15-20(26-15)27-25-9-10-7-12-17(14(22)8-10)19(24)16-11(18(12)23)5-3-6-13(16)21/h2-8,15,20-22H,9H2,1H3/b4-2+/t15-,20?/m1/s1. The first-order valence-electron chi connectivity index (χ1n) is 8.35. The van der Waals surface area contributed by atoms with Crippen LogP contribution in [-0.4, -0.2) is 34.2 Å². The fourth-order valence-electron chi connectivity index (χ4n) is 3.11. The first kappa shape index (κ1) is 17.4. The lowest BCUT2D eigenvalue weighted by molar-refractivity contribution is -0.329. The van der Waals surface area contributed by atoms with Gasteiger partial charge in [-0.05, 0) is 30.7 Å². The van der Waals surface area contributed by atoms with Crippen molar-refractivity contribution in [1.82, 2.24) is 0 Å². The summed E-state index contributed by atoms with van der Waals surface area (Å²) < 4.78 is 5.19. The third-order valence-corrected chi connectivity index (χ3v) is 4.42. The molecule has 1 unspecified atom stereocenters. The Labute approximate surface area is 154 Å². The van der Waals surface area contributed by atoms with Crippen LogP contribution < -0.4 is 0 Å². The summed E-state index contributed by atoms with van der Waals surface area (Å²) in [5, 5.41) is 20.2. The zero-order valence-corrected chi connectivity index (χ0v) is 14.3. The van der Waals surface area contributed by atoms with Crippen molar-refractivity contribution in [3.63, 3.8) is 0 Å². The first-order valence-corrected chi connectivity index (χ1v) is 8.35. The molecule has 2 aliphatic rings. The van der Waals surface area contributed by atoms with E-state index in [1.165, 1.54) is 30.3 Å². The average molecular weight is 368 g/mol. The lowest BCUT2D eigenvalue weighted by Gasteiger charge is -2.20. The highest BCUT2D eigenvalue weighted by atomic mass is 17.2. The van der Waals surface area contributed by atoms with E-state index in [9.17, 15) is 19.8 Å². The van der Waals surface area contributed by atoms with Crippen molar-refractivity contribution in [2.45, 2.75) is 25.9 Å². The molecule has 7 nitrogen and oxygen atoms in total. The van der Waals surface area contributed by atoms with Crippen molar-refractivity contribution >= 4 is 11.6 Å². The number of benzene rings is 2. The van der Waals surface area contributed by atoms with Crippen LogP contribution in [0, 0.1) is 0 Å². The minimum Gasteiger partial charge on any atom is -0.507 e. The largest absolute Gasteiger partial charge is 0.507 e. The molecule has 1 saturated heterocycles. The highest BCUT2D eigenvalue weighted by Gasteiger charge is 2.39. The average Bonchev–Trinajstić information content (AvgIpc) is 3.37. The summed E-state index contributed by atoms with van der Waals surface area (Å²) in [5.41, 5.74) is 0.392. The molecule has 138 valence electrons. The molecule has 0 bridgehead atoms. The molecule has 0 aromatic heterocycles. The van der Waals surface area contributed by atoms with Crippen molar-refractivity contribution in [2.75, 3.05) is 0 Å². The van der Waals surface area contributed by atoms with E-state index in [0.717, 1.165) is 0 Å². The van der Waals surface area contributed by atoms with Gasteiger partial charge in [-0.1, -0.05) is 24.3 Å². The highest BCUT2D eigenvalue weighted by molar-refractivity contribution is 6.30. The minimum atomic E-state index is -0.598. The van der Waals surface area contributed by atoms with E-state index in [-0.39, 0.29) is 46.5 Å². The molecule has 4 rings (SSSR count). The van der Waals surface area contributed by atoms with Gasteiger partial charge in [-0.3, -0.25) is 9.59 Å². The molecule has 27 heavy (non-hydrogen) atoms. The predicted octanol–water partition coefficient (Wildman–Crippen LogP) is 2.62. The van der Waals surface area contributed by atoms with Crippen LogP contribution in [0.4, 0.5) is 0 Å². The van der Waals surface area contributed by atoms with Gasteiger partial charge in [0.05, 0.1) is 11.1 Å². The molecule has 0 radical (unpaired) electrons. The van der Waals surface area contributed by atoms with Gasteiger partial charge in [-0.25, -0.2) is 9.78 Å². The van der Waals surface area contributed by atoms with Crippen molar-refractivity contribution in [3.05, 3.63) is 70.3 Å². The Balaban J connectivity index is 1.57. The van der Waals surface area contributed by atoms with Gasteiger partial charge in [0.15, 0.2) is 5.78 Å². The van der Waals surface area contributed by atoms with Gasteiger partial charge in [-0.2, -0.15) is 0 Å². The Hall–Kier alpha value is -3.00. The van der Waals surface area contributed by atoms with Crippen LogP contribution in [0.25, 0.3) is 0 Å². The van der Waals surface area contributed by atoms with Crippen LogP contribution >= 0.6 is 0 Å². The number of fused-ring (bicyclic) bond motifs is 2. The molecule has 0 saturated carbocycles. The molecule has 1 aliphatic carbocycles. The molecule has 1 heterocycles. The van der Waals surface area contributed by atoms with Crippen LogP contribution in [0.15, 0.2) is 42.5 Å². The second kappa shape index (κ2) is 6.62. The molecule has 2 aromatic carbocycles. The third-order valence-electron chi connectivity index (χ3n) is 4.42. The topological polar surface area (TPSA) is 106 Å². The Kier molecular flexibility index (Phi) is 4.27. The van der Waals surface area contributed by atoms with Gasteiger partial charge in [0, 0.05) is 11.1 Å². The van der Waals surface area contributed by atoms with Gasteiger partial charge < -0.3 is 14.9 Å². The summed E-state index contributed by atoms with van der Waals surface area (Å²) in [7, 11) is 0. The maximum absolute atomic E-state index is 12.7. The minimum absolute atomic E-state index is 0.0440. The summed E-state index contributed by atoms with van der Waals surface area (Å²) in [5.74, 6) is -1.70. The molecule has 1 fully saturated rings. The van der Waals surface area contributed by atoms with Crippen LogP contribution in [0.3, 0.4) is 0 Å². The van der Waals surface area contributed by atoms with E-state index in [2.05, 4.69) is 0 Å². The number of aromatic hydroxyl groups is 2. The summed E-state index contributed by atoms with van der Waals surface area (Å²) in [6.07, 6.45) is 3.05. The van der Waals surface area contributed by atoms with E-state index in [0.29, 0.717) is 5.56 Å². The van der Waals surface area contributed by atoms with Gasteiger partial charge in [0.25, 0.3) is 0 Å². The summed E-state index contributed by atoms with van der Waals surface area (Å²) in [4.78, 5) is 35.6. The van der Waals surface area contributed by atoms with Crippen molar-refractivity contribution < 1.29 is 34.3 Å². The van der Waals surface area contributed by atoms with Crippen LogP contribution in [0.1, 0.15) is 44.3 Å². The molecule has 2 N–H and O–H groups in total. The lowest BCUT2D eigenvalue weighted by atomic mass is 9.82. The van der Waals surface area contributed by atoms with E-state index in [1.807, 2.05) is 19.1 Å². The number of rotatable bonds is 5. The number of hydrogen-bond acceptors (Lipinski definition) is 7. The Bertz CT molecular complexity index is 977. The first-order chi connectivity index (χ1) is 13.0. The van der Waals surface area contributed by atoms with Gasteiger partial charge in [-0.15, -0.1) is 0 Å². The lowest BCUT2D eigenvalue weighted by Crippen LogP contribution is -2.21. The molecule has 2 atom stereocenters. The van der Waals surface area contributed by atoms with Gasteiger partial charge in [0.1, 0.15) is 24.2 Å². The predicted molar refractivity (Wildman–Crippen MR) is 92.4 cm³/mol. The Morgan fingerprint density at radius 3 is 2.63 bits per heavy atom. The molecule has 7 heteroatoms. The van der Waals surface area contributed by atoms with E-state index in [4.69, 9.17) is 14.5 Å². The fourth-order valence-corrected chi connectivity index (χ4v) is 3.11. The number of epoxide rings is 1. The zero-order chi connectivity index (χ0) is 19.1. The number of ether oxygens (including phenoxy) is 1. The van der Waals surface area contributed by atoms with E-state index >= 15 is 0 Å². The van der Waals surface area contributed by atoms with Crippen molar-refractivity contribution in [3.8, 4) is 11.5 Å². The SMILES string of the molecule is C/C=C/[C@H]1OC1OOCc1cc(O)c2c(c1)C(=O)c1cccc(O)c1C2=O. The molecule has 1 aliphatic heterocycles. The van der Waals surface area contributed by atoms with Crippen molar-refractivity contribution in [2.24, 2.45) is 0 Å². The number of ketones is 2. The number of carbonyl (C=O) groups is 2. The number of hydrogen-bond donors (Lipinski definition) is 2. The molecule has 2 aromatic rings. The monoisotopic (exact) mass is 368 g/mol. The Morgan fingerprint density at radius 2 is 1.85 bits per heavy atom. The second-order valence-electron chi connectivity index (χ2n) is 6.25. The normalized spacial score (nSPS) is 20.6.